The van der Waals surface area contributed by atoms with Gasteiger partial charge < -0.3 is 5.32 Å². The Morgan fingerprint density at radius 2 is 2.21 bits per heavy atom. The van der Waals surface area contributed by atoms with Crippen LogP contribution in [0.2, 0.25) is 0 Å². The van der Waals surface area contributed by atoms with E-state index in [0.29, 0.717) is 0 Å². The van der Waals surface area contributed by atoms with Crippen molar-refractivity contribution in [2.45, 2.75) is 18.4 Å². The van der Waals surface area contributed by atoms with Crippen molar-refractivity contribution < 1.29 is 4.79 Å². The summed E-state index contributed by atoms with van der Waals surface area (Å²) in [6.07, 6.45) is 4.51. The van der Waals surface area contributed by atoms with E-state index in [2.05, 4.69) is 15.3 Å². The van der Waals surface area contributed by atoms with E-state index in [1.807, 2.05) is 35.9 Å². The van der Waals surface area contributed by atoms with Gasteiger partial charge in [0.1, 0.15) is 11.5 Å². The van der Waals surface area contributed by atoms with Crippen molar-refractivity contribution in [2.24, 2.45) is 0 Å². The van der Waals surface area contributed by atoms with Gasteiger partial charge in [0.2, 0.25) is 0 Å². The van der Waals surface area contributed by atoms with Gasteiger partial charge in [0, 0.05) is 29.5 Å². The van der Waals surface area contributed by atoms with Crippen molar-refractivity contribution in [3.05, 3.63) is 65.4 Å². The van der Waals surface area contributed by atoms with Crippen LogP contribution in [0.3, 0.4) is 0 Å². The average Bonchev–Trinajstić information content (AvgIpc) is 3.18. The van der Waals surface area contributed by atoms with Crippen molar-refractivity contribution in [2.75, 3.05) is 5.32 Å². The minimum atomic E-state index is -0.281. The molecule has 0 atom stereocenters. The first kappa shape index (κ1) is 14.9. The molecule has 0 spiro atoms. The number of thioether (sulfide) groups is 1. The molecule has 1 aliphatic heterocycles. The summed E-state index contributed by atoms with van der Waals surface area (Å²) in [7, 11) is 0. The standard InChI is InChI=1S/C17H15N5OS/c1-11-3-2-4-12(7-11)22-16(13-9-24-10-15(13)21-22)20-17(23)14-8-18-5-6-19-14/h2-8H,9-10H2,1H3,(H,20,23). The van der Waals surface area contributed by atoms with Crippen molar-refractivity contribution in [3.8, 4) is 5.69 Å². The summed E-state index contributed by atoms with van der Waals surface area (Å²) in [5.41, 5.74) is 4.47. The number of amides is 1. The zero-order chi connectivity index (χ0) is 16.5. The summed E-state index contributed by atoms with van der Waals surface area (Å²) < 4.78 is 1.81. The predicted octanol–water partition coefficient (Wildman–Crippen LogP) is 2.97. The van der Waals surface area contributed by atoms with Crippen LogP contribution < -0.4 is 5.32 Å². The predicted molar refractivity (Wildman–Crippen MR) is 93.3 cm³/mol. The third-order valence-electron chi connectivity index (χ3n) is 3.83. The van der Waals surface area contributed by atoms with Crippen LogP contribution in [0.25, 0.3) is 5.69 Å². The van der Waals surface area contributed by atoms with Crippen LogP contribution in [-0.2, 0) is 11.5 Å². The molecule has 0 fully saturated rings. The summed E-state index contributed by atoms with van der Waals surface area (Å²) in [4.78, 5) is 20.5. The van der Waals surface area contributed by atoms with E-state index >= 15 is 0 Å². The number of hydrogen-bond acceptors (Lipinski definition) is 5. The smallest absolute Gasteiger partial charge is 0.277 e. The van der Waals surface area contributed by atoms with E-state index in [1.165, 1.54) is 12.4 Å². The second kappa shape index (κ2) is 6.09. The molecule has 120 valence electrons. The maximum absolute atomic E-state index is 12.5. The van der Waals surface area contributed by atoms with Crippen LogP contribution in [0.1, 0.15) is 27.3 Å². The first-order chi connectivity index (χ1) is 11.7. The van der Waals surface area contributed by atoms with E-state index in [4.69, 9.17) is 5.10 Å². The monoisotopic (exact) mass is 337 g/mol. The zero-order valence-electron chi connectivity index (χ0n) is 13.1. The summed E-state index contributed by atoms with van der Waals surface area (Å²) in [6, 6.07) is 8.06. The Kier molecular flexibility index (Phi) is 3.78. The Morgan fingerprint density at radius 1 is 1.29 bits per heavy atom. The van der Waals surface area contributed by atoms with Gasteiger partial charge in [-0.2, -0.15) is 16.9 Å². The molecule has 1 N–H and O–H groups in total. The highest BCUT2D eigenvalue weighted by Crippen LogP contribution is 2.36. The average molecular weight is 337 g/mol. The number of anilines is 1. The molecule has 0 unspecified atom stereocenters. The molecular weight excluding hydrogens is 322 g/mol. The van der Waals surface area contributed by atoms with Gasteiger partial charge in [-0.15, -0.1) is 0 Å². The second-order valence-electron chi connectivity index (χ2n) is 5.56. The summed E-state index contributed by atoms with van der Waals surface area (Å²) in [6.45, 7) is 2.04. The molecule has 6 nitrogen and oxygen atoms in total. The molecule has 0 aliphatic carbocycles. The summed E-state index contributed by atoms with van der Waals surface area (Å²) >= 11 is 1.80. The number of carbonyl (C=O) groups excluding carboxylic acids is 1. The zero-order valence-corrected chi connectivity index (χ0v) is 13.9. The molecule has 0 bridgehead atoms. The number of nitrogens with one attached hydrogen (secondary N) is 1. The van der Waals surface area contributed by atoms with Crippen LogP contribution in [0.15, 0.2) is 42.9 Å². The third-order valence-corrected chi connectivity index (χ3v) is 4.80. The number of aromatic nitrogens is 4. The molecule has 0 saturated heterocycles. The fraction of sp³-hybridized carbons (Fsp3) is 0.176. The number of hydrogen-bond donors (Lipinski definition) is 1. The lowest BCUT2D eigenvalue weighted by Gasteiger charge is -2.11. The molecule has 1 aliphatic rings. The molecule has 3 heterocycles. The van der Waals surface area contributed by atoms with E-state index < -0.39 is 0 Å². The molecule has 24 heavy (non-hydrogen) atoms. The third kappa shape index (κ3) is 2.67. The van der Waals surface area contributed by atoms with Crippen LogP contribution in [0, 0.1) is 6.92 Å². The lowest BCUT2D eigenvalue weighted by Crippen LogP contribution is -2.17. The number of fused-ring (bicyclic) bond motifs is 1. The summed E-state index contributed by atoms with van der Waals surface area (Å²) in [5, 5.41) is 7.66. The lowest BCUT2D eigenvalue weighted by molar-refractivity contribution is 0.102. The molecule has 1 aromatic carbocycles. The minimum Gasteiger partial charge on any atom is -0.305 e. The number of aryl methyl sites for hydroxylation is 1. The first-order valence-electron chi connectivity index (χ1n) is 7.55. The Balaban J connectivity index is 1.75. The highest BCUT2D eigenvalue weighted by Gasteiger charge is 2.25. The van der Waals surface area contributed by atoms with Crippen molar-refractivity contribution in [1.82, 2.24) is 19.7 Å². The highest BCUT2D eigenvalue weighted by molar-refractivity contribution is 7.98. The highest BCUT2D eigenvalue weighted by atomic mass is 32.2. The number of benzene rings is 1. The van der Waals surface area contributed by atoms with E-state index in [-0.39, 0.29) is 11.6 Å². The Bertz CT molecular complexity index is 907. The fourth-order valence-electron chi connectivity index (χ4n) is 2.68. The van der Waals surface area contributed by atoms with Gasteiger partial charge in [0.15, 0.2) is 0 Å². The van der Waals surface area contributed by atoms with Gasteiger partial charge in [-0.25, -0.2) is 9.67 Å². The molecule has 2 aromatic heterocycles. The van der Waals surface area contributed by atoms with Gasteiger partial charge >= 0.3 is 0 Å². The molecule has 4 rings (SSSR count). The summed E-state index contributed by atoms with van der Waals surface area (Å²) in [5.74, 6) is 2.15. The second-order valence-corrected chi connectivity index (χ2v) is 6.55. The van der Waals surface area contributed by atoms with Crippen LogP contribution in [0.5, 0.6) is 0 Å². The number of carbonyl (C=O) groups is 1. The molecule has 3 aromatic rings. The number of rotatable bonds is 3. The molecule has 7 heteroatoms. The maximum Gasteiger partial charge on any atom is 0.277 e. The van der Waals surface area contributed by atoms with Crippen LogP contribution in [-0.4, -0.2) is 25.7 Å². The van der Waals surface area contributed by atoms with E-state index in [1.54, 1.807) is 18.0 Å². The lowest BCUT2D eigenvalue weighted by atomic mass is 10.2. The maximum atomic E-state index is 12.5. The molecular formula is C17H15N5OS. The normalized spacial score (nSPS) is 12.9. The molecule has 1 amide bonds. The van der Waals surface area contributed by atoms with Crippen LogP contribution in [0.4, 0.5) is 5.82 Å². The van der Waals surface area contributed by atoms with Crippen LogP contribution >= 0.6 is 11.8 Å². The van der Waals surface area contributed by atoms with Gasteiger partial charge in [-0.05, 0) is 24.6 Å². The number of nitrogens with zero attached hydrogens (tertiary/aromatic N) is 4. The van der Waals surface area contributed by atoms with Crippen molar-refractivity contribution in [1.29, 1.82) is 0 Å². The van der Waals surface area contributed by atoms with E-state index in [9.17, 15) is 4.79 Å². The van der Waals surface area contributed by atoms with Gasteiger partial charge in [0.25, 0.3) is 5.91 Å². The van der Waals surface area contributed by atoms with Gasteiger partial charge in [-0.3, -0.25) is 9.78 Å². The van der Waals surface area contributed by atoms with Crippen molar-refractivity contribution in [3.63, 3.8) is 0 Å². The fourth-order valence-corrected chi connectivity index (χ4v) is 3.71. The molecule has 0 radical (unpaired) electrons. The Labute approximate surface area is 143 Å². The first-order valence-corrected chi connectivity index (χ1v) is 8.71. The van der Waals surface area contributed by atoms with Gasteiger partial charge in [-0.1, -0.05) is 12.1 Å². The van der Waals surface area contributed by atoms with E-state index in [0.717, 1.165) is 39.8 Å². The topological polar surface area (TPSA) is 72.7 Å². The van der Waals surface area contributed by atoms with Crippen molar-refractivity contribution >= 4 is 23.5 Å². The van der Waals surface area contributed by atoms with Gasteiger partial charge in [0.05, 0.1) is 17.6 Å². The Hall–Kier alpha value is -2.67. The SMILES string of the molecule is Cc1cccc(-n2nc3c(c2NC(=O)c2cnccn2)CSC3)c1. The largest absolute Gasteiger partial charge is 0.305 e. The Morgan fingerprint density at radius 3 is 3.00 bits per heavy atom. The molecule has 0 saturated carbocycles. The minimum absolute atomic E-state index is 0.281. The quantitative estimate of drug-likeness (QED) is 0.795.